The molecule has 26 heavy (non-hydrogen) atoms. The van der Waals surface area contributed by atoms with E-state index in [-0.39, 0.29) is 33.0 Å². The topological polar surface area (TPSA) is 84.3 Å². The Hall–Kier alpha value is -2.06. The smallest absolute Gasteiger partial charge is 0.269 e. The highest BCUT2D eigenvalue weighted by Crippen LogP contribution is 2.40. The Labute approximate surface area is 167 Å². The average molecular weight is 431 g/mol. The molecule has 10 heteroatoms. The van der Waals surface area contributed by atoms with Crippen molar-refractivity contribution in [3.8, 4) is 17.2 Å². The number of carbonyl (C=O) groups is 1. The second kappa shape index (κ2) is 7.67. The fraction of sp³-hybridized carbons (Fsp3) is 0.0625. The van der Waals surface area contributed by atoms with E-state index in [1.165, 1.54) is 18.2 Å². The van der Waals surface area contributed by atoms with Crippen LogP contribution in [0.2, 0.25) is 15.1 Å². The Morgan fingerprint density at radius 1 is 1.15 bits per heavy atom. The van der Waals surface area contributed by atoms with Crippen LogP contribution in [-0.2, 0) is 0 Å². The van der Waals surface area contributed by atoms with Gasteiger partial charge in [-0.2, -0.15) is 0 Å². The lowest BCUT2D eigenvalue weighted by Gasteiger charge is -2.13. The SMILES string of the molecule is Cc1nnsc1C(=O)Nc1cc(Oc2ccc(Cl)cc2Cl)c(O)cc1Cl. The molecule has 1 amide bonds. The van der Waals surface area contributed by atoms with Gasteiger partial charge in [0.2, 0.25) is 0 Å². The van der Waals surface area contributed by atoms with Gasteiger partial charge < -0.3 is 15.2 Å². The number of hydrogen-bond donors (Lipinski definition) is 2. The maximum absolute atomic E-state index is 12.3. The van der Waals surface area contributed by atoms with Crippen LogP contribution in [-0.4, -0.2) is 20.6 Å². The molecule has 0 unspecified atom stereocenters. The van der Waals surface area contributed by atoms with Gasteiger partial charge in [0.15, 0.2) is 11.5 Å². The molecule has 0 saturated carbocycles. The third-order valence-corrected chi connectivity index (χ3v) is 4.94. The predicted octanol–water partition coefficient (Wildman–Crippen LogP) is 5.56. The third kappa shape index (κ3) is 4.02. The van der Waals surface area contributed by atoms with Crippen molar-refractivity contribution in [2.75, 3.05) is 5.32 Å². The van der Waals surface area contributed by atoms with Gasteiger partial charge in [-0.15, -0.1) is 5.10 Å². The molecule has 0 aliphatic rings. The lowest BCUT2D eigenvalue weighted by atomic mass is 10.2. The summed E-state index contributed by atoms with van der Waals surface area (Å²) < 4.78 is 9.33. The van der Waals surface area contributed by atoms with Crippen molar-refractivity contribution in [2.45, 2.75) is 6.92 Å². The first kappa shape index (κ1) is 18.7. The number of aromatic nitrogens is 2. The van der Waals surface area contributed by atoms with Gasteiger partial charge >= 0.3 is 0 Å². The first-order valence-corrected chi connectivity index (χ1v) is 9.01. The number of nitrogens with one attached hydrogen (secondary N) is 1. The van der Waals surface area contributed by atoms with Gasteiger partial charge in [0.25, 0.3) is 5.91 Å². The lowest BCUT2D eigenvalue weighted by Crippen LogP contribution is -2.12. The van der Waals surface area contributed by atoms with E-state index in [1.54, 1.807) is 19.1 Å². The predicted molar refractivity (Wildman–Crippen MR) is 102 cm³/mol. The third-order valence-electron chi connectivity index (χ3n) is 3.27. The summed E-state index contributed by atoms with van der Waals surface area (Å²) in [6.07, 6.45) is 0. The number of rotatable bonds is 4. The van der Waals surface area contributed by atoms with Crippen molar-refractivity contribution in [3.05, 3.63) is 56.0 Å². The quantitative estimate of drug-likeness (QED) is 0.530. The summed E-state index contributed by atoms with van der Waals surface area (Å²) in [5, 5.41) is 17.4. The standard InChI is InChI=1S/C16H10Cl3N3O3S/c1-7-15(26-22-21-7)16(24)20-11-6-14(12(23)5-9(11)18)25-13-3-2-8(17)4-10(13)19/h2-6,23H,1H3,(H,20,24). The van der Waals surface area contributed by atoms with Crippen LogP contribution in [0.5, 0.6) is 17.2 Å². The Balaban J connectivity index is 1.89. The minimum Gasteiger partial charge on any atom is -0.504 e. The zero-order chi connectivity index (χ0) is 18.8. The molecule has 0 radical (unpaired) electrons. The zero-order valence-electron chi connectivity index (χ0n) is 13.1. The van der Waals surface area contributed by atoms with E-state index in [0.717, 1.165) is 11.5 Å². The van der Waals surface area contributed by atoms with Gasteiger partial charge in [0.1, 0.15) is 10.6 Å². The minimum atomic E-state index is -0.416. The highest BCUT2D eigenvalue weighted by molar-refractivity contribution is 7.08. The van der Waals surface area contributed by atoms with Gasteiger partial charge in [-0.1, -0.05) is 39.3 Å². The Morgan fingerprint density at radius 2 is 1.92 bits per heavy atom. The molecule has 0 bridgehead atoms. The number of aryl methyl sites for hydroxylation is 1. The molecule has 0 aliphatic carbocycles. The average Bonchev–Trinajstić information content (AvgIpc) is 3.00. The fourth-order valence-corrected chi connectivity index (χ4v) is 3.22. The van der Waals surface area contributed by atoms with Crippen molar-refractivity contribution < 1.29 is 14.6 Å². The van der Waals surface area contributed by atoms with Crippen LogP contribution in [0.15, 0.2) is 30.3 Å². The summed E-state index contributed by atoms with van der Waals surface area (Å²) in [6, 6.07) is 7.31. The highest BCUT2D eigenvalue weighted by Gasteiger charge is 2.17. The van der Waals surface area contributed by atoms with Crippen molar-refractivity contribution >= 4 is 57.9 Å². The number of amides is 1. The minimum absolute atomic E-state index is 0.0630. The molecule has 2 N–H and O–H groups in total. The summed E-state index contributed by atoms with van der Waals surface area (Å²) in [7, 11) is 0. The van der Waals surface area contributed by atoms with E-state index in [9.17, 15) is 9.90 Å². The van der Waals surface area contributed by atoms with E-state index in [2.05, 4.69) is 14.9 Å². The van der Waals surface area contributed by atoms with Crippen LogP contribution in [0.25, 0.3) is 0 Å². The van der Waals surface area contributed by atoms with Gasteiger partial charge in [0.05, 0.1) is 21.4 Å². The second-order valence-electron chi connectivity index (χ2n) is 5.12. The Bertz CT molecular complexity index is 994. The number of hydrogen-bond acceptors (Lipinski definition) is 6. The summed E-state index contributed by atoms with van der Waals surface area (Å²) in [5.74, 6) is -0.281. The second-order valence-corrected chi connectivity index (χ2v) is 7.12. The number of anilines is 1. The van der Waals surface area contributed by atoms with E-state index in [4.69, 9.17) is 39.5 Å². The van der Waals surface area contributed by atoms with Gasteiger partial charge in [-0.25, -0.2) is 0 Å². The number of carbonyl (C=O) groups excluding carboxylic acids is 1. The lowest BCUT2D eigenvalue weighted by molar-refractivity contribution is 0.103. The van der Waals surface area contributed by atoms with E-state index in [1.807, 2.05) is 0 Å². The molecule has 0 atom stereocenters. The number of aromatic hydroxyl groups is 1. The number of benzene rings is 2. The van der Waals surface area contributed by atoms with E-state index < -0.39 is 5.91 Å². The van der Waals surface area contributed by atoms with Crippen LogP contribution in [0.3, 0.4) is 0 Å². The van der Waals surface area contributed by atoms with Crippen LogP contribution in [0.1, 0.15) is 15.4 Å². The van der Waals surface area contributed by atoms with Crippen molar-refractivity contribution in [1.29, 1.82) is 0 Å². The molecular formula is C16H10Cl3N3O3S. The zero-order valence-corrected chi connectivity index (χ0v) is 16.2. The number of phenolic OH excluding ortho intramolecular Hbond substituents is 1. The van der Waals surface area contributed by atoms with E-state index >= 15 is 0 Å². The first-order valence-electron chi connectivity index (χ1n) is 7.11. The summed E-state index contributed by atoms with van der Waals surface area (Å²) in [6.45, 7) is 1.67. The van der Waals surface area contributed by atoms with Gasteiger partial charge in [0, 0.05) is 17.2 Å². The molecule has 3 aromatic rings. The molecule has 1 heterocycles. The monoisotopic (exact) mass is 429 g/mol. The largest absolute Gasteiger partial charge is 0.504 e. The van der Waals surface area contributed by atoms with Crippen molar-refractivity contribution in [1.82, 2.24) is 9.59 Å². The summed E-state index contributed by atoms with van der Waals surface area (Å²) in [5.41, 5.74) is 0.758. The van der Waals surface area contributed by atoms with Crippen LogP contribution < -0.4 is 10.1 Å². The highest BCUT2D eigenvalue weighted by atomic mass is 35.5. The molecule has 0 fully saturated rings. The van der Waals surface area contributed by atoms with Crippen molar-refractivity contribution in [3.63, 3.8) is 0 Å². The Morgan fingerprint density at radius 3 is 2.58 bits per heavy atom. The van der Waals surface area contributed by atoms with Gasteiger partial charge in [-0.3, -0.25) is 4.79 Å². The first-order chi connectivity index (χ1) is 12.3. The fourth-order valence-electron chi connectivity index (χ4n) is 2.02. The van der Waals surface area contributed by atoms with Gasteiger partial charge in [-0.05, 0) is 36.7 Å². The molecule has 6 nitrogen and oxygen atoms in total. The number of ether oxygens (including phenoxy) is 1. The number of phenols is 1. The molecule has 0 saturated heterocycles. The molecule has 0 aliphatic heterocycles. The summed E-state index contributed by atoms with van der Waals surface area (Å²) in [4.78, 5) is 12.7. The maximum Gasteiger partial charge on any atom is 0.269 e. The molecule has 0 spiro atoms. The molecule has 1 aromatic heterocycles. The molecule has 3 rings (SSSR count). The van der Waals surface area contributed by atoms with Crippen LogP contribution in [0.4, 0.5) is 5.69 Å². The molecular weight excluding hydrogens is 421 g/mol. The number of halogens is 3. The normalized spacial score (nSPS) is 10.6. The Kier molecular flexibility index (Phi) is 5.52. The van der Waals surface area contributed by atoms with Crippen LogP contribution >= 0.6 is 46.3 Å². The maximum atomic E-state index is 12.3. The van der Waals surface area contributed by atoms with E-state index in [0.29, 0.717) is 15.6 Å². The molecule has 134 valence electrons. The number of nitrogens with zero attached hydrogens (tertiary/aromatic N) is 2. The van der Waals surface area contributed by atoms with Crippen LogP contribution in [0, 0.1) is 6.92 Å². The van der Waals surface area contributed by atoms with Crippen molar-refractivity contribution in [2.24, 2.45) is 0 Å². The molecule has 2 aromatic carbocycles. The summed E-state index contributed by atoms with van der Waals surface area (Å²) >= 11 is 19.0.